The summed E-state index contributed by atoms with van der Waals surface area (Å²) in [6.45, 7) is 12.6. The number of sulfonamides is 1. The molecule has 302 valence electrons. The zero-order chi connectivity index (χ0) is 40.4. The number of aromatic nitrogens is 3. The molecule has 0 radical (unpaired) electrons. The molecule has 1 saturated heterocycles. The van der Waals surface area contributed by atoms with E-state index in [-0.39, 0.29) is 43.0 Å². The highest BCUT2D eigenvalue weighted by Crippen LogP contribution is 2.50. The number of para-hydroxylation sites is 1. The van der Waals surface area contributed by atoms with Crippen molar-refractivity contribution in [1.82, 2.24) is 34.6 Å². The Hall–Kier alpha value is -4.73. The highest BCUT2D eigenvalue weighted by Gasteiger charge is 2.64. The number of hydrogen-bond acceptors (Lipinski definition) is 10. The second kappa shape index (κ2) is 14.3. The lowest BCUT2D eigenvalue weighted by Crippen LogP contribution is -2.59. The molecule has 1 aromatic carbocycles. The van der Waals surface area contributed by atoms with Crippen molar-refractivity contribution in [3.8, 4) is 5.88 Å². The van der Waals surface area contributed by atoms with Gasteiger partial charge in [-0.3, -0.25) is 23.5 Å². The lowest BCUT2D eigenvalue weighted by atomic mass is 9.88. The van der Waals surface area contributed by atoms with Crippen molar-refractivity contribution in [2.75, 3.05) is 6.54 Å². The Labute approximate surface area is 327 Å². The van der Waals surface area contributed by atoms with E-state index >= 15 is 0 Å². The number of nitrogens with zero attached hydrogens (tertiary/aromatic N) is 4. The van der Waals surface area contributed by atoms with Gasteiger partial charge >= 0.3 is 6.09 Å². The zero-order valence-corrected chi connectivity index (χ0v) is 33.9. The van der Waals surface area contributed by atoms with Crippen LogP contribution < -0.4 is 20.1 Å². The summed E-state index contributed by atoms with van der Waals surface area (Å²) in [4.78, 5) is 67.1. The van der Waals surface area contributed by atoms with Gasteiger partial charge in [0.15, 0.2) is 0 Å². The minimum absolute atomic E-state index is 0.0310. The fraction of sp³-hybridized carbons (Fsp3) is 0.600. The van der Waals surface area contributed by atoms with Gasteiger partial charge < -0.3 is 25.0 Å². The molecular formula is C40H53N7O8S. The first kappa shape index (κ1) is 39.5. The number of rotatable bonds is 6. The van der Waals surface area contributed by atoms with Gasteiger partial charge in [0.25, 0.3) is 5.91 Å². The molecule has 2 aliphatic heterocycles. The van der Waals surface area contributed by atoms with E-state index in [1.54, 1.807) is 40.1 Å². The van der Waals surface area contributed by atoms with E-state index in [1.807, 2.05) is 54.7 Å². The van der Waals surface area contributed by atoms with Crippen LogP contribution in [0.3, 0.4) is 0 Å². The molecule has 2 aliphatic carbocycles. The van der Waals surface area contributed by atoms with Crippen LogP contribution in [0.2, 0.25) is 0 Å². The summed E-state index contributed by atoms with van der Waals surface area (Å²) >= 11 is 0. The Morgan fingerprint density at radius 2 is 1.80 bits per heavy atom. The van der Waals surface area contributed by atoms with E-state index in [2.05, 4.69) is 32.2 Å². The Kier molecular flexibility index (Phi) is 10.1. The highest BCUT2D eigenvalue weighted by molar-refractivity contribution is 7.91. The van der Waals surface area contributed by atoms with Gasteiger partial charge in [0.2, 0.25) is 33.5 Å². The number of amides is 4. The van der Waals surface area contributed by atoms with Crippen LogP contribution in [0.5, 0.6) is 5.88 Å². The molecule has 3 aromatic rings. The summed E-state index contributed by atoms with van der Waals surface area (Å²) in [5, 5.41) is 6.44. The number of carbonyl (C=O) groups excluding carboxylic acids is 4. The van der Waals surface area contributed by atoms with E-state index in [1.165, 1.54) is 4.90 Å². The molecule has 56 heavy (non-hydrogen) atoms. The van der Waals surface area contributed by atoms with Gasteiger partial charge in [-0.05, 0) is 89.7 Å². The van der Waals surface area contributed by atoms with Crippen LogP contribution in [0.25, 0.3) is 16.7 Å². The van der Waals surface area contributed by atoms with Crippen molar-refractivity contribution < 1.29 is 37.1 Å². The normalized spacial score (nSPS) is 33.0. The molecule has 15 nitrogen and oxygen atoms in total. The third kappa shape index (κ3) is 7.55. The van der Waals surface area contributed by atoms with Crippen molar-refractivity contribution in [1.29, 1.82) is 0 Å². The first-order chi connectivity index (χ1) is 26.3. The number of nitrogens with one attached hydrogen (secondary N) is 3. The SMILES string of the molecule is CC1CC/C=C\[C@@H]2C[C@@]2(C(=O)NS(=O)(=O)C2(C)C[C@@H]2C)NC(=O)[C@@H]2C[C@@H](Oc3nc4nccn4c4ccccc34)CN2C(=O)[C@@H](NC(=O)OC(C)(C)C)[C@H](C)C1. The molecule has 2 aromatic heterocycles. The lowest BCUT2D eigenvalue weighted by molar-refractivity contribution is -0.142. The fourth-order valence-electron chi connectivity index (χ4n) is 8.33. The van der Waals surface area contributed by atoms with E-state index in [4.69, 9.17) is 9.47 Å². The molecule has 3 fully saturated rings. The molecule has 7 rings (SSSR count). The minimum atomic E-state index is -4.05. The van der Waals surface area contributed by atoms with E-state index in [0.29, 0.717) is 30.4 Å². The van der Waals surface area contributed by atoms with Crippen LogP contribution in [0.4, 0.5) is 4.79 Å². The zero-order valence-electron chi connectivity index (χ0n) is 33.1. The van der Waals surface area contributed by atoms with Crippen molar-refractivity contribution in [2.24, 2.45) is 23.7 Å². The number of alkyl carbamates (subject to hydrolysis) is 1. The maximum Gasteiger partial charge on any atom is 0.408 e. The maximum atomic E-state index is 14.8. The van der Waals surface area contributed by atoms with Crippen LogP contribution in [0, 0.1) is 23.7 Å². The second-order valence-corrected chi connectivity index (χ2v) is 19.7. The lowest BCUT2D eigenvalue weighted by Gasteiger charge is -2.33. The standard InChI is InChI=1S/C40H53N7O8S/c1-23-12-8-9-13-26-21-40(26,35(50)45-56(52,53)39(7)20-25(39)3)44-32(48)30-19-27(54-33-28-14-10-11-15-29(28)46-17-16-41-36(46)43-33)22-47(30)34(49)31(24(2)18-23)42-37(51)55-38(4,5)6/h9-11,13-17,23-27,30-31H,8,12,18-22H2,1-7H3,(H,42,51)(H,44,48)(H,45,50)/b13-9-/t23?,24-,25+,26-,27-,30+,31+,39?,40-/m1/s1. The Morgan fingerprint density at radius 1 is 1.07 bits per heavy atom. The van der Waals surface area contributed by atoms with Gasteiger partial charge in [0.05, 0.1) is 22.2 Å². The van der Waals surface area contributed by atoms with E-state index < -0.39 is 73.8 Å². The van der Waals surface area contributed by atoms with Gasteiger partial charge in [-0.15, -0.1) is 0 Å². The first-order valence-corrected chi connectivity index (χ1v) is 21.0. The summed E-state index contributed by atoms with van der Waals surface area (Å²) in [5.74, 6) is -2.02. The van der Waals surface area contributed by atoms with Crippen molar-refractivity contribution >= 4 is 50.5 Å². The molecule has 3 N–H and O–H groups in total. The van der Waals surface area contributed by atoms with Crippen molar-refractivity contribution in [2.45, 2.75) is 121 Å². The fourth-order valence-corrected chi connectivity index (χ4v) is 9.99. The van der Waals surface area contributed by atoms with Crippen molar-refractivity contribution in [3.63, 3.8) is 0 Å². The number of hydrogen-bond donors (Lipinski definition) is 3. The van der Waals surface area contributed by atoms with Crippen molar-refractivity contribution in [3.05, 3.63) is 48.8 Å². The minimum Gasteiger partial charge on any atom is -0.472 e. The monoisotopic (exact) mass is 791 g/mol. The molecule has 4 amide bonds. The second-order valence-electron chi connectivity index (χ2n) is 17.6. The largest absolute Gasteiger partial charge is 0.472 e. The molecule has 2 saturated carbocycles. The topological polar surface area (TPSA) is 190 Å². The molecule has 9 atom stereocenters. The van der Waals surface area contributed by atoms with Crippen LogP contribution in [0.15, 0.2) is 48.8 Å². The van der Waals surface area contributed by atoms with Gasteiger partial charge in [0, 0.05) is 24.7 Å². The van der Waals surface area contributed by atoms with Gasteiger partial charge in [-0.1, -0.05) is 45.1 Å². The van der Waals surface area contributed by atoms with Gasteiger partial charge in [0.1, 0.15) is 29.3 Å². The van der Waals surface area contributed by atoms with E-state index in [0.717, 1.165) is 11.9 Å². The number of benzene rings is 1. The van der Waals surface area contributed by atoms with Gasteiger partial charge in [-0.25, -0.2) is 18.2 Å². The number of fused-ring (bicyclic) bond motifs is 5. The predicted molar refractivity (Wildman–Crippen MR) is 208 cm³/mol. The average molecular weight is 792 g/mol. The summed E-state index contributed by atoms with van der Waals surface area (Å²) < 4.78 is 42.0. The molecule has 16 heteroatoms. The Balaban J connectivity index is 1.24. The first-order valence-electron chi connectivity index (χ1n) is 19.6. The molecule has 0 spiro atoms. The molecule has 4 heterocycles. The molecule has 2 unspecified atom stereocenters. The third-order valence-electron chi connectivity index (χ3n) is 12.0. The molecule has 4 aliphatic rings. The van der Waals surface area contributed by atoms with Crippen LogP contribution in [-0.2, 0) is 29.1 Å². The van der Waals surface area contributed by atoms with E-state index in [9.17, 15) is 27.6 Å². The molecule has 0 bridgehead atoms. The van der Waals surface area contributed by atoms with Crippen LogP contribution in [-0.4, -0.2) is 92.1 Å². The summed E-state index contributed by atoms with van der Waals surface area (Å²) in [6.07, 6.45) is 8.46. The number of allylic oxidation sites excluding steroid dienone is 1. The summed E-state index contributed by atoms with van der Waals surface area (Å²) in [5.41, 5.74) is -1.56. The average Bonchev–Trinajstić information content (AvgIpc) is 3.77. The summed E-state index contributed by atoms with van der Waals surface area (Å²) in [6, 6.07) is 5.34. The smallest absolute Gasteiger partial charge is 0.408 e. The van der Waals surface area contributed by atoms with Gasteiger partial charge in [-0.2, -0.15) is 4.98 Å². The van der Waals surface area contributed by atoms with Crippen LogP contribution in [0.1, 0.15) is 87.0 Å². The Morgan fingerprint density at radius 3 is 2.52 bits per heavy atom. The number of carbonyl (C=O) groups is 4. The highest BCUT2D eigenvalue weighted by atomic mass is 32.2. The number of imidazole rings is 1. The summed E-state index contributed by atoms with van der Waals surface area (Å²) in [7, 11) is -4.05. The van der Waals surface area contributed by atoms with Crippen LogP contribution >= 0.6 is 0 Å². The Bertz CT molecular complexity index is 2200. The maximum absolute atomic E-state index is 14.8. The third-order valence-corrected chi connectivity index (χ3v) is 14.3. The number of ether oxygens (including phenoxy) is 2. The predicted octanol–water partition coefficient (Wildman–Crippen LogP) is 4.26. The quantitative estimate of drug-likeness (QED) is 0.304. The molecular weight excluding hydrogens is 739 g/mol.